The van der Waals surface area contributed by atoms with E-state index >= 15 is 0 Å². The Morgan fingerprint density at radius 1 is 1.10 bits per heavy atom. The highest BCUT2D eigenvalue weighted by atomic mass is 35.5. The van der Waals surface area contributed by atoms with Crippen LogP contribution in [0.1, 0.15) is 16.7 Å². The van der Waals surface area contributed by atoms with Gasteiger partial charge in [0, 0.05) is 23.8 Å². The van der Waals surface area contributed by atoms with E-state index in [0.29, 0.717) is 12.2 Å². The number of nitrogens with zero attached hydrogens (tertiary/aromatic N) is 1. The number of anilines is 2. The molecule has 0 atom stereocenters. The summed E-state index contributed by atoms with van der Waals surface area (Å²) in [7, 11) is 0. The third-order valence-corrected chi connectivity index (χ3v) is 4.03. The SMILES string of the molecule is FC(F)(F)c1cc(N2CCc3ccccc32)ccc1CCl. The van der Waals surface area contributed by atoms with E-state index in [1.807, 2.05) is 29.2 Å². The van der Waals surface area contributed by atoms with Crippen LogP contribution in [-0.4, -0.2) is 6.54 Å². The van der Waals surface area contributed by atoms with E-state index in [4.69, 9.17) is 11.6 Å². The number of fused-ring (bicyclic) bond motifs is 1. The van der Waals surface area contributed by atoms with Crippen LogP contribution in [0.3, 0.4) is 0 Å². The van der Waals surface area contributed by atoms with Crippen molar-refractivity contribution < 1.29 is 13.2 Å². The van der Waals surface area contributed by atoms with Crippen LogP contribution in [0, 0.1) is 0 Å². The van der Waals surface area contributed by atoms with Gasteiger partial charge in [-0.15, -0.1) is 11.6 Å². The van der Waals surface area contributed by atoms with Gasteiger partial charge in [0.15, 0.2) is 0 Å². The van der Waals surface area contributed by atoms with E-state index < -0.39 is 11.7 Å². The number of halogens is 4. The Hall–Kier alpha value is -1.68. The van der Waals surface area contributed by atoms with Crippen LogP contribution in [-0.2, 0) is 18.5 Å². The van der Waals surface area contributed by atoms with Crippen LogP contribution >= 0.6 is 11.6 Å². The van der Waals surface area contributed by atoms with Crippen molar-refractivity contribution in [3.8, 4) is 0 Å². The van der Waals surface area contributed by atoms with Crippen LogP contribution in [0.2, 0.25) is 0 Å². The molecule has 0 saturated carbocycles. The van der Waals surface area contributed by atoms with Crippen LogP contribution in [0.5, 0.6) is 0 Å². The number of hydrogen-bond donors (Lipinski definition) is 0. The van der Waals surface area contributed by atoms with E-state index in [1.54, 1.807) is 6.07 Å². The van der Waals surface area contributed by atoms with E-state index in [2.05, 4.69) is 0 Å². The van der Waals surface area contributed by atoms with Crippen molar-refractivity contribution in [1.29, 1.82) is 0 Å². The largest absolute Gasteiger partial charge is 0.416 e. The van der Waals surface area contributed by atoms with Gasteiger partial charge in [0.1, 0.15) is 0 Å². The smallest absolute Gasteiger partial charge is 0.341 e. The number of rotatable bonds is 2. The highest BCUT2D eigenvalue weighted by molar-refractivity contribution is 6.17. The maximum atomic E-state index is 13.1. The molecule has 0 aromatic heterocycles. The molecule has 0 fully saturated rings. The Morgan fingerprint density at radius 3 is 2.57 bits per heavy atom. The topological polar surface area (TPSA) is 3.24 Å². The van der Waals surface area contributed by atoms with Gasteiger partial charge in [-0.3, -0.25) is 0 Å². The highest BCUT2D eigenvalue weighted by Crippen LogP contribution is 2.39. The van der Waals surface area contributed by atoms with E-state index in [9.17, 15) is 13.2 Å². The maximum Gasteiger partial charge on any atom is 0.416 e. The molecule has 0 bridgehead atoms. The molecule has 1 aliphatic rings. The second-order valence-corrected chi connectivity index (χ2v) is 5.27. The van der Waals surface area contributed by atoms with Crippen LogP contribution in [0.15, 0.2) is 42.5 Å². The molecule has 0 N–H and O–H groups in total. The molecule has 0 aliphatic carbocycles. The lowest BCUT2D eigenvalue weighted by Gasteiger charge is -2.22. The average Bonchev–Trinajstić information content (AvgIpc) is 2.89. The first kappa shape index (κ1) is 14.3. The zero-order valence-corrected chi connectivity index (χ0v) is 11.9. The van der Waals surface area contributed by atoms with Crippen molar-refractivity contribution in [3.63, 3.8) is 0 Å². The van der Waals surface area contributed by atoms with E-state index in [1.165, 1.54) is 12.1 Å². The van der Waals surface area contributed by atoms with Crippen molar-refractivity contribution in [1.82, 2.24) is 0 Å². The molecule has 1 aliphatic heterocycles. The predicted octanol–water partition coefficient (Wildman–Crippen LogP) is 5.14. The molecule has 0 unspecified atom stereocenters. The van der Waals surface area contributed by atoms with Gasteiger partial charge in [-0.2, -0.15) is 13.2 Å². The van der Waals surface area contributed by atoms with Crippen molar-refractivity contribution in [3.05, 3.63) is 59.2 Å². The molecule has 1 nitrogen and oxygen atoms in total. The molecular weight excluding hydrogens is 299 g/mol. The molecule has 0 amide bonds. The van der Waals surface area contributed by atoms with Crippen molar-refractivity contribution in [2.24, 2.45) is 0 Å². The van der Waals surface area contributed by atoms with Gasteiger partial charge in [0.25, 0.3) is 0 Å². The summed E-state index contributed by atoms with van der Waals surface area (Å²) in [6, 6.07) is 12.1. The standard InChI is InChI=1S/C16H13ClF3N/c17-10-12-5-6-13(9-14(12)16(18,19)20)21-8-7-11-3-1-2-4-15(11)21/h1-6,9H,7-8,10H2. The summed E-state index contributed by atoms with van der Waals surface area (Å²) in [5.41, 5.74) is 2.15. The minimum Gasteiger partial charge on any atom is -0.341 e. The number of para-hydroxylation sites is 1. The normalized spacial score (nSPS) is 14.4. The lowest BCUT2D eigenvalue weighted by molar-refractivity contribution is -0.138. The van der Waals surface area contributed by atoms with Gasteiger partial charge < -0.3 is 4.90 Å². The Bertz CT molecular complexity index is 667. The zero-order valence-electron chi connectivity index (χ0n) is 11.1. The molecule has 0 radical (unpaired) electrons. The van der Waals surface area contributed by atoms with Gasteiger partial charge in [0.2, 0.25) is 0 Å². The summed E-state index contributed by atoms with van der Waals surface area (Å²) in [6.07, 6.45) is -3.55. The highest BCUT2D eigenvalue weighted by Gasteiger charge is 2.34. The van der Waals surface area contributed by atoms with E-state index in [-0.39, 0.29) is 11.4 Å². The molecular formula is C16H13ClF3N. The van der Waals surface area contributed by atoms with Crippen molar-refractivity contribution in [2.75, 3.05) is 11.4 Å². The first-order valence-electron chi connectivity index (χ1n) is 6.62. The summed E-state index contributed by atoms with van der Waals surface area (Å²) in [4.78, 5) is 1.92. The minimum atomic E-state index is -4.39. The molecule has 0 saturated heterocycles. The van der Waals surface area contributed by atoms with Gasteiger partial charge >= 0.3 is 6.18 Å². The summed E-state index contributed by atoms with van der Waals surface area (Å²) >= 11 is 5.62. The van der Waals surface area contributed by atoms with Gasteiger partial charge in [-0.1, -0.05) is 24.3 Å². The monoisotopic (exact) mass is 311 g/mol. The van der Waals surface area contributed by atoms with Crippen LogP contribution < -0.4 is 4.90 Å². The molecule has 2 aromatic carbocycles. The molecule has 1 heterocycles. The van der Waals surface area contributed by atoms with Gasteiger partial charge in [0.05, 0.1) is 5.56 Å². The fourth-order valence-corrected chi connectivity index (χ4v) is 2.95. The summed E-state index contributed by atoms with van der Waals surface area (Å²) in [5, 5.41) is 0. The summed E-state index contributed by atoms with van der Waals surface area (Å²) < 4.78 is 39.4. The fourth-order valence-electron chi connectivity index (χ4n) is 2.72. The summed E-state index contributed by atoms with van der Waals surface area (Å²) in [6.45, 7) is 0.691. The predicted molar refractivity (Wildman–Crippen MR) is 78.2 cm³/mol. The first-order chi connectivity index (χ1) is 10.0. The third kappa shape index (κ3) is 2.60. The van der Waals surface area contributed by atoms with Crippen molar-refractivity contribution >= 4 is 23.0 Å². The molecule has 3 rings (SSSR count). The van der Waals surface area contributed by atoms with Crippen LogP contribution in [0.4, 0.5) is 24.5 Å². The minimum absolute atomic E-state index is 0.111. The van der Waals surface area contributed by atoms with Gasteiger partial charge in [-0.25, -0.2) is 0 Å². The molecule has 0 spiro atoms. The van der Waals surface area contributed by atoms with Crippen molar-refractivity contribution in [2.45, 2.75) is 18.5 Å². The molecule has 110 valence electrons. The molecule has 5 heteroatoms. The number of alkyl halides is 4. The number of hydrogen-bond acceptors (Lipinski definition) is 1. The Balaban J connectivity index is 2.05. The third-order valence-electron chi connectivity index (χ3n) is 3.74. The summed E-state index contributed by atoms with van der Waals surface area (Å²) in [5.74, 6) is -0.147. The Morgan fingerprint density at radius 2 is 1.86 bits per heavy atom. The lowest BCUT2D eigenvalue weighted by atomic mass is 10.1. The second-order valence-electron chi connectivity index (χ2n) is 5.00. The van der Waals surface area contributed by atoms with E-state index in [0.717, 1.165) is 17.7 Å². The zero-order chi connectivity index (χ0) is 15.0. The average molecular weight is 312 g/mol. The first-order valence-corrected chi connectivity index (χ1v) is 7.15. The quantitative estimate of drug-likeness (QED) is 0.694. The molecule has 21 heavy (non-hydrogen) atoms. The molecule has 2 aromatic rings. The Kier molecular flexibility index (Phi) is 3.57. The Labute approximate surface area is 126 Å². The maximum absolute atomic E-state index is 13.1. The fraction of sp³-hybridized carbons (Fsp3) is 0.250. The number of benzene rings is 2. The van der Waals surface area contributed by atoms with Gasteiger partial charge in [-0.05, 0) is 35.7 Å². The lowest BCUT2D eigenvalue weighted by Crippen LogP contribution is -2.16. The second kappa shape index (κ2) is 5.26. The van der Waals surface area contributed by atoms with Crippen LogP contribution in [0.25, 0.3) is 0 Å².